The van der Waals surface area contributed by atoms with Crippen LogP contribution in [0, 0.1) is 22.7 Å². The summed E-state index contributed by atoms with van der Waals surface area (Å²) in [4.78, 5) is 0. The number of phenols is 2. The zero-order chi connectivity index (χ0) is 19.1. The molecule has 0 radical (unpaired) electrons. The molecular weight excluding hydrogens is 324 g/mol. The SMILES string of the molecule is COc1ccc(O)c(O)c1[C@H]1CC(C)CCC2C(C)(C)CCCC2(C)C1. The van der Waals surface area contributed by atoms with Crippen LogP contribution in [0.3, 0.4) is 0 Å². The van der Waals surface area contributed by atoms with Crippen LogP contribution in [0.2, 0.25) is 0 Å². The van der Waals surface area contributed by atoms with Crippen molar-refractivity contribution in [3.63, 3.8) is 0 Å². The molecule has 2 fully saturated rings. The molecule has 146 valence electrons. The number of phenolic OH excluding ortho intramolecular Hbond substituents is 2. The second kappa shape index (κ2) is 6.98. The molecule has 4 atom stereocenters. The van der Waals surface area contributed by atoms with E-state index >= 15 is 0 Å². The Kier molecular flexibility index (Phi) is 5.20. The highest BCUT2D eigenvalue weighted by Gasteiger charge is 2.48. The Hall–Kier alpha value is -1.38. The van der Waals surface area contributed by atoms with Gasteiger partial charge in [0.25, 0.3) is 0 Å². The van der Waals surface area contributed by atoms with E-state index in [1.54, 1.807) is 13.2 Å². The minimum Gasteiger partial charge on any atom is -0.504 e. The fourth-order valence-corrected chi connectivity index (χ4v) is 6.29. The van der Waals surface area contributed by atoms with Crippen LogP contribution in [0.25, 0.3) is 0 Å². The van der Waals surface area contributed by atoms with E-state index in [0.717, 1.165) is 18.4 Å². The van der Waals surface area contributed by atoms with Gasteiger partial charge in [-0.15, -0.1) is 0 Å². The lowest BCUT2D eigenvalue weighted by Gasteiger charge is -2.54. The lowest BCUT2D eigenvalue weighted by Crippen LogP contribution is -2.44. The van der Waals surface area contributed by atoms with Gasteiger partial charge >= 0.3 is 0 Å². The molecule has 0 saturated heterocycles. The van der Waals surface area contributed by atoms with Gasteiger partial charge in [0.2, 0.25) is 0 Å². The van der Waals surface area contributed by atoms with Gasteiger partial charge in [-0.25, -0.2) is 0 Å². The van der Waals surface area contributed by atoms with Gasteiger partial charge in [-0.2, -0.15) is 0 Å². The van der Waals surface area contributed by atoms with Gasteiger partial charge in [-0.05, 0) is 72.8 Å². The van der Waals surface area contributed by atoms with E-state index in [9.17, 15) is 10.2 Å². The highest BCUT2D eigenvalue weighted by Crippen LogP contribution is 2.59. The van der Waals surface area contributed by atoms with Crippen LogP contribution in [0.4, 0.5) is 0 Å². The van der Waals surface area contributed by atoms with E-state index in [1.807, 2.05) is 0 Å². The van der Waals surface area contributed by atoms with E-state index in [4.69, 9.17) is 4.74 Å². The molecule has 0 spiro atoms. The van der Waals surface area contributed by atoms with Crippen LogP contribution in [-0.2, 0) is 0 Å². The third-order valence-electron chi connectivity index (χ3n) is 7.49. The number of hydrogen-bond acceptors (Lipinski definition) is 3. The number of benzene rings is 1. The molecule has 26 heavy (non-hydrogen) atoms. The van der Waals surface area contributed by atoms with Crippen LogP contribution in [-0.4, -0.2) is 17.3 Å². The van der Waals surface area contributed by atoms with Crippen molar-refractivity contribution in [1.82, 2.24) is 0 Å². The van der Waals surface area contributed by atoms with Gasteiger partial charge in [0.05, 0.1) is 7.11 Å². The van der Waals surface area contributed by atoms with Crippen molar-refractivity contribution in [2.24, 2.45) is 22.7 Å². The first-order valence-electron chi connectivity index (χ1n) is 10.3. The smallest absolute Gasteiger partial charge is 0.164 e. The summed E-state index contributed by atoms with van der Waals surface area (Å²) in [5.41, 5.74) is 1.46. The number of fused-ring (bicyclic) bond motifs is 1. The molecule has 3 unspecified atom stereocenters. The highest BCUT2D eigenvalue weighted by molar-refractivity contribution is 5.54. The first-order valence-corrected chi connectivity index (χ1v) is 10.3. The minimum absolute atomic E-state index is 0.0114. The molecule has 3 heteroatoms. The summed E-state index contributed by atoms with van der Waals surface area (Å²) >= 11 is 0. The van der Waals surface area contributed by atoms with Crippen molar-refractivity contribution < 1.29 is 14.9 Å². The lowest BCUT2D eigenvalue weighted by molar-refractivity contribution is -0.0272. The number of aromatic hydroxyl groups is 2. The zero-order valence-electron chi connectivity index (χ0n) is 17.1. The van der Waals surface area contributed by atoms with Crippen LogP contribution >= 0.6 is 0 Å². The summed E-state index contributed by atoms with van der Waals surface area (Å²) in [5, 5.41) is 20.8. The molecule has 0 amide bonds. The Bertz CT molecular complexity index is 651. The monoisotopic (exact) mass is 360 g/mol. The number of rotatable bonds is 2. The summed E-state index contributed by atoms with van der Waals surface area (Å²) < 4.78 is 5.58. The molecule has 0 heterocycles. The van der Waals surface area contributed by atoms with Crippen molar-refractivity contribution in [3.8, 4) is 17.2 Å². The largest absolute Gasteiger partial charge is 0.504 e. The molecule has 2 N–H and O–H groups in total. The Morgan fingerprint density at radius 2 is 1.81 bits per heavy atom. The zero-order valence-corrected chi connectivity index (χ0v) is 17.1. The Balaban J connectivity index is 2.04. The highest BCUT2D eigenvalue weighted by atomic mass is 16.5. The normalized spacial score (nSPS) is 34.4. The Labute approximate surface area is 158 Å². The summed E-state index contributed by atoms with van der Waals surface area (Å²) in [6.07, 6.45) is 8.49. The summed E-state index contributed by atoms with van der Waals surface area (Å²) in [5.74, 6) is 2.20. The maximum Gasteiger partial charge on any atom is 0.164 e. The average molecular weight is 361 g/mol. The van der Waals surface area contributed by atoms with Crippen molar-refractivity contribution in [1.29, 1.82) is 0 Å². The molecule has 2 aliphatic carbocycles. The first kappa shape index (κ1) is 19.4. The Morgan fingerprint density at radius 3 is 2.50 bits per heavy atom. The summed E-state index contributed by atoms with van der Waals surface area (Å²) in [6.45, 7) is 9.69. The maximum absolute atomic E-state index is 10.7. The van der Waals surface area contributed by atoms with E-state index in [1.165, 1.54) is 38.2 Å². The van der Waals surface area contributed by atoms with E-state index < -0.39 is 0 Å². The van der Waals surface area contributed by atoms with Crippen LogP contribution in [0.1, 0.15) is 84.1 Å². The molecule has 2 aliphatic rings. The maximum atomic E-state index is 10.7. The van der Waals surface area contributed by atoms with Crippen LogP contribution < -0.4 is 4.74 Å². The van der Waals surface area contributed by atoms with Crippen molar-refractivity contribution >= 4 is 0 Å². The van der Waals surface area contributed by atoms with E-state index in [0.29, 0.717) is 23.0 Å². The molecule has 0 bridgehead atoms. The van der Waals surface area contributed by atoms with E-state index in [-0.39, 0.29) is 22.8 Å². The molecule has 3 nitrogen and oxygen atoms in total. The van der Waals surface area contributed by atoms with Gasteiger partial charge in [0, 0.05) is 5.56 Å². The predicted molar refractivity (Wildman–Crippen MR) is 106 cm³/mol. The fraction of sp³-hybridized carbons (Fsp3) is 0.739. The van der Waals surface area contributed by atoms with Crippen molar-refractivity contribution in [2.75, 3.05) is 7.11 Å². The summed E-state index contributed by atoms with van der Waals surface area (Å²) in [6, 6.07) is 3.32. The molecular formula is C23H36O3. The van der Waals surface area contributed by atoms with Gasteiger partial charge in [-0.1, -0.05) is 40.5 Å². The number of methoxy groups -OCH3 is 1. The van der Waals surface area contributed by atoms with Crippen LogP contribution in [0.15, 0.2) is 12.1 Å². The van der Waals surface area contributed by atoms with Gasteiger partial charge < -0.3 is 14.9 Å². The first-order chi connectivity index (χ1) is 12.2. The number of ether oxygens (including phenoxy) is 1. The standard InChI is InChI=1S/C23H36O3/c1-15-7-10-19-22(2,3)11-6-12-23(19,4)14-16(13-15)20-18(26-5)9-8-17(24)21(20)25/h8-9,15-16,19,24-25H,6-7,10-14H2,1-5H3/t15?,16-,19?,23?/m0/s1. The second-order valence-corrected chi connectivity index (χ2v) is 9.92. The molecule has 3 rings (SSSR count). The minimum atomic E-state index is -0.0406. The third kappa shape index (κ3) is 3.42. The Morgan fingerprint density at radius 1 is 1.08 bits per heavy atom. The topological polar surface area (TPSA) is 49.7 Å². The molecule has 0 aliphatic heterocycles. The average Bonchev–Trinajstić information content (AvgIpc) is 2.54. The van der Waals surface area contributed by atoms with Crippen molar-refractivity contribution in [2.45, 2.75) is 78.6 Å². The molecule has 0 aromatic heterocycles. The van der Waals surface area contributed by atoms with Crippen LogP contribution in [0.5, 0.6) is 17.2 Å². The third-order valence-corrected chi connectivity index (χ3v) is 7.49. The van der Waals surface area contributed by atoms with Gasteiger partial charge in [0.1, 0.15) is 5.75 Å². The molecule has 1 aromatic rings. The molecule has 2 saturated carbocycles. The quantitative estimate of drug-likeness (QED) is 0.614. The van der Waals surface area contributed by atoms with Gasteiger partial charge in [-0.3, -0.25) is 0 Å². The van der Waals surface area contributed by atoms with Crippen molar-refractivity contribution in [3.05, 3.63) is 17.7 Å². The number of hydrogen-bond donors (Lipinski definition) is 2. The molecule has 1 aromatic carbocycles. The van der Waals surface area contributed by atoms with Gasteiger partial charge in [0.15, 0.2) is 11.5 Å². The van der Waals surface area contributed by atoms with E-state index in [2.05, 4.69) is 27.7 Å². The fourth-order valence-electron chi connectivity index (χ4n) is 6.29. The summed E-state index contributed by atoms with van der Waals surface area (Å²) in [7, 11) is 1.65. The second-order valence-electron chi connectivity index (χ2n) is 9.92. The predicted octanol–water partition coefficient (Wildman–Crippen LogP) is 6.23. The lowest BCUT2D eigenvalue weighted by atomic mass is 9.51.